The highest BCUT2D eigenvalue weighted by Gasteiger charge is 2.34. The molecule has 7 nitrogen and oxygen atoms in total. The minimum Gasteiger partial charge on any atom is -0.213 e. The van der Waals surface area contributed by atoms with Gasteiger partial charge in [0, 0.05) is 0 Å². The summed E-state index contributed by atoms with van der Waals surface area (Å²) in [5.41, 5.74) is 0. The molecule has 0 aromatic heterocycles. The lowest BCUT2D eigenvalue weighted by Crippen LogP contribution is -2.47. The van der Waals surface area contributed by atoms with Crippen molar-refractivity contribution < 1.29 is 0 Å². The lowest BCUT2D eigenvalue weighted by Gasteiger charge is -2.29. The first-order chi connectivity index (χ1) is 10.7. The molecule has 0 aliphatic carbocycles. The Morgan fingerprint density at radius 3 is 1.18 bits per heavy atom. The standard InChI is InChI=1S/C12H15N7S3/c1-4-20-10-13-7-15-11(21-5-2)17-9-18-12(22-6-3)16-8(14-10)19(7)9/h4-6H2,1-3H3. The SMILES string of the molecule is CCSC1=NC2=NC(SCC)=NC3=NC(SCC)=NC(=N1)N23. The first-order valence-electron chi connectivity index (χ1n) is 6.95. The molecule has 0 aromatic rings. The molecule has 3 heterocycles. The van der Waals surface area contributed by atoms with E-state index in [1.54, 1.807) is 40.2 Å². The Morgan fingerprint density at radius 1 is 0.591 bits per heavy atom. The van der Waals surface area contributed by atoms with Crippen LogP contribution in [0.5, 0.6) is 0 Å². The van der Waals surface area contributed by atoms with Crippen molar-refractivity contribution in [2.45, 2.75) is 20.8 Å². The molecule has 0 saturated carbocycles. The van der Waals surface area contributed by atoms with Gasteiger partial charge in [-0.05, 0) is 17.3 Å². The molecule has 0 unspecified atom stereocenters. The van der Waals surface area contributed by atoms with E-state index in [2.05, 4.69) is 50.7 Å². The summed E-state index contributed by atoms with van der Waals surface area (Å²) >= 11 is 4.72. The van der Waals surface area contributed by atoms with Crippen LogP contribution in [0.3, 0.4) is 0 Å². The molecule has 22 heavy (non-hydrogen) atoms. The van der Waals surface area contributed by atoms with Gasteiger partial charge in [-0.25, -0.2) is 4.90 Å². The van der Waals surface area contributed by atoms with Gasteiger partial charge in [-0.2, -0.15) is 30.0 Å². The van der Waals surface area contributed by atoms with Crippen LogP contribution >= 0.6 is 35.3 Å². The van der Waals surface area contributed by atoms with Crippen molar-refractivity contribution >= 4 is 68.7 Å². The van der Waals surface area contributed by atoms with Crippen molar-refractivity contribution in [1.82, 2.24) is 4.90 Å². The fraction of sp³-hybridized carbons (Fsp3) is 0.500. The van der Waals surface area contributed by atoms with Gasteiger partial charge in [-0.1, -0.05) is 56.1 Å². The van der Waals surface area contributed by atoms with Crippen LogP contribution < -0.4 is 0 Å². The summed E-state index contributed by atoms with van der Waals surface area (Å²) in [6.45, 7) is 6.20. The molecule has 3 rings (SSSR count). The van der Waals surface area contributed by atoms with Crippen LogP contribution in [0.25, 0.3) is 0 Å². The highest BCUT2D eigenvalue weighted by Crippen LogP contribution is 2.24. The average Bonchev–Trinajstić information content (AvgIpc) is 2.47. The van der Waals surface area contributed by atoms with E-state index >= 15 is 0 Å². The van der Waals surface area contributed by atoms with Crippen LogP contribution in [0.4, 0.5) is 0 Å². The van der Waals surface area contributed by atoms with E-state index in [1.807, 2.05) is 0 Å². The van der Waals surface area contributed by atoms with Gasteiger partial charge in [-0.3, -0.25) is 0 Å². The van der Waals surface area contributed by atoms with Gasteiger partial charge in [0.15, 0.2) is 15.5 Å². The molecule has 0 atom stereocenters. The van der Waals surface area contributed by atoms with E-state index < -0.39 is 0 Å². The smallest absolute Gasteiger partial charge is 0.213 e. The number of aliphatic imine (C=N–C) groups is 6. The molecule has 116 valence electrons. The molecule has 0 radical (unpaired) electrons. The molecular weight excluding hydrogens is 338 g/mol. The molecule has 10 heteroatoms. The van der Waals surface area contributed by atoms with Gasteiger partial charge in [0.1, 0.15) is 0 Å². The molecule has 0 amide bonds. The van der Waals surface area contributed by atoms with Crippen molar-refractivity contribution in [2.24, 2.45) is 30.0 Å². The second-order valence-corrected chi connectivity index (χ2v) is 7.75. The molecule has 3 aliphatic heterocycles. The van der Waals surface area contributed by atoms with Crippen molar-refractivity contribution in [3.8, 4) is 0 Å². The number of guanidine groups is 3. The van der Waals surface area contributed by atoms with E-state index in [9.17, 15) is 0 Å². The van der Waals surface area contributed by atoms with E-state index in [1.165, 1.54) is 0 Å². The van der Waals surface area contributed by atoms with Gasteiger partial charge < -0.3 is 0 Å². The molecule has 0 bridgehead atoms. The van der Waals surface area contributed by atoms with Crippen LogP contribution in [0.1, 0.15) is 20.8 Å². The maximum absolute atomic E-state index is 4.50. The normalized spacial score (nSPS) is 19.5. The van der Waals surface area contributed by atoms with Gasteiger partial charge in [0.05, 0.1) is 0 Å². The maximum atomic E-state index is 4.50. The maximum Gasteiger partial charge on any atom is 0.244 e. The number of amidine groups is 3. The lowest BCUT2D eigenvalue weighted by molar-refractivity contribution is 0.834. The monoisotopic (exact) mass is 353 g/mol. The summed E-state index contributed by atoms with van der Waals surface area (Å²) < 4.78 is 0. The molecule has 3 aliphatic rings. The Kier molecular flexibility index (Phi) is 4.99. The largest absolute Gasteiger partial charge is 0.244 e. The van der Waals surface area contributed by atoms with E-state index in [-0.39, 0.29) is 0 Å². The number of hydrogen-bond donors (Lipinski definition) is 0. The summed E-state index contributed by atoms with van der Waals surface area (Å²) in [5, 5.41) is 2.04. The third-order valence-electron chi connectivity index (χ3n) is 2.59. The zero-order valence-corrected chi connectivity index (χ0v) is 14.9. The van der Waals surface area contributed by atoms with Crippen LogP contribution in [0.15, 0.2) is 30.0 Å². The minimum atomic E-state index is 0.551. The second kappa shape index (κ2) is 6.97. The fourth-order valence-electron chi connectivity index (χ4n) is 1.81. The van der Waals surface area contributed by atoms with Gasteiger partial charge in [0.25, 0.3) is 0 Å². The number of nitrogens with zero attached hydrogens (tertiary/aromatic N) is 7. The zero-order chi connectivity index (χ0) is 15.5. The summed E-state index contributed by atoms with van der Waals surface area (Å²) in [6.07, 6.45) is 0. The Bertz CT molecular complexity index is 569. The Balaban J connectivity index is 2.04. The topological polar surface area (TPSA) is 77.4 Å². The third-order valence-corrected chi connectivity index (χ3v) is 4.78. The van der Waals surface area contributed by atoms with Gasteiger partial charge in [-0.15, -0.1) is 0 Å². The fourth-order valence-corrected chi connectivity index (χ4v) is 3.46. The van der Waals surface area contributed by atoms with Gasteiger partial charge >= 0.3 is 0 Å². The molecule has 0 N–H and O–H groups in total. The highest BCUT2D eigenvalue weighted by molar-refractivity contribution is 8.14. The summed E-state index contributed by atoms with van der Waals surface area (Å²) in [5.74, 6) is 4.35. The first-order valence-corrected chi connectivity index (χ1v) is 9.91. The molecule has 0 fully saturated rings. The Morgan fingerprint density at radius 2 is 0.909 bits per heavy atom. The highest BCUT2D eigenvalue weighted by atomic mass is 32.2. The quantitative estimate of drug-likeness (QED) is 0.781. The molecular formula is C12H15N7S3. The number of thioether (sulfide) groups is 3. The summed E-state index contributed by atoms with van der Waals surface area (Å²) in [7, 11) is 0. The predicted molar refractivity (Wildman–Crippen MR) is 101 cm³/mol. The zero-order valence-electron chi connectivity index (χ0n) is 12.5. The van der Waals surface area contributed by atoms with Crippen molar-refractivity contribution in [3.63, 3.8) is 0 Å². The van der Waals surface area contributed by atoms with E-state index in [0.29, 0.717) is 33.4 Å². The molecule has 0 spiro atoms. The predicted octanol–water partition coefficient (Wildman–Crippen LogP) is 2.72. The average molecular weight is 354 g/mol. The second-order valence-electron chi connectivity index (χ2n) is 4.05. The van der Waals surface area contributed by atoms with Crippen LogP contribution in [-0.2, 0) is 0 Å². The molecule has 0 saturated heterocycles. The summed E-state index contributed by atoms with van der Waals surface area (Å²) in [4.78, 5) is 28.7. The van der Waals surface area contributed by atoms with E-state index in [4.69, 9.17) is 0 Å². The van der Waals surface area contributed by atoms with Crippen molar-refractivity contribution in [2.75, 3.05) is 17.3 Å². The Labute approximate surface area is 141 Å². The molecule has 0 aromatic carbocycles. The van der Waals surface area contributed by atoms with Crippen LogP contribution in [-0.4, -0.2) is 55.5 Å². The minimum absolute atomic E-state index is 0.551. The Hall–Kier alpha value is -1.13. The van der Waals surface area contributed by atoms with Crippen molar-refractivity contribution in [1.29, 1.82) is 0 Å². The van der Waals surface area contributed by atoms with E-state index in [0.717, 1.165) is 17.3 Å². The third kappa shape index (κ3) is 3.13. The van der Waals surface area contributed by atoms with Crippen molar-refractivity contribution in [3.05, 3.63) is 0 Å². The van der Waals surface area contributed by atoms with Gasteiger partial charge in [0.2, 0.25) is 17.9 Å². The summed E-state index contributed by atoms with van der Waals surface area (Å²) in [6, 6.07) is 0. The lowest BCUT2D eigenvalue weighted by atomic mass is 10.5. The number of hydrogen-bond acceptors (Lipinski definition) is 10. The first kappa shape index (κ1) is 15.8. The number of rotatable bonds is 3. The van der Waals surface area contributed by atoms with Crippen LogP contribution in [0.2, 0.25) is 0 Å². The van der Waals surface area contributed by atoms with Crippen LogP contribution in [0, 0.1) is 0 Å².